The van der Waals surface area contributed by atoms with Crippen LogP contribution in [0.4, 0.5) is 5.69 Å². The maximum absolute atomic E-state index is 10.7. The largest absolute Gasteiger partial charge is 0.477 e. The Morgan fingerprint density at radius 1 is 1.22 bits per heavy atom. The summed E-state index contributed by atoms with van der Waals surface area (Å²) in [6.45, 7) is 0.551. The fourth-order valence-corrected chi connectivity index (χ4v) is 2.47. The van der Waals surface area contributed by atoms with Gasteiger partial charge in [-0.2, -0.15) is 0 Å². The van der Waals surface area contributed by atoms with Gasteiger partial charge in [-0.25, -0.2) is 4.79 Å². The first kappa shape index (κ1) is 13.2. The van der Waals surface area contributed by atoms with Gasteiger partial charge in [0.2, 0.25) is 0 Å². The Kier molecular flexibility index (Phi) is 4.11. The van der Waals surface area contributed by atoms with Gasteiger partial charge in [-0.3, -0.25) is 0 Å². The van der Waals surface area contributed by atoms with Crippen LogP contribution in [0.1, 0.15) is 14.5 Å². The number of carbonyl (C=O) groups is 1. The van der Waals surface area contributed by atoms with Crippen molar-refractivity contribution in [2.45, 2.75) is 6.54 Å². The molecular formula is C12H9Cl2NO2S. The van der Waals surface area contributed by atoms with Crippen molar-refractivity contribution in [3.8, 4) is 0 Å². The van der Waals surface area contributed by atoms with Crippen LogP contribution in [0.15, 0.2) is 30.3 Å². The van der Waals surface area contributed by atoms with E-state index in [0.29, 0.717) is 21.5 Å². The molecule has 2 N–H and O–H groups in total. The lowest BCUT2D eigenvalue weighted by molar-refractivity contribution is 0.0702. The molecule has 3 nitrogen and oxygen atoms in total. The van der Waals surface area contributed by atoms with E-state index in [1.807, 2.05) is 6.07 Å². The van der Waals surface area contributed by atoms with Crippen LogP contribution in [-0.4, -0.2) is 11.1 Å². The topological polar surface area (TPSA) is 49.3 Å². The molecule has 0 aliphatic carbocycles. The molecule has 0 radical (unpaired) electrons. The second-order valence-electron chi connectivity index (χ2n) is 3.55. The number of thiophene rings is 1. The number of rotatable bonds is 4. The zero-order valence-corrected chi connectivity index (χ0v) is 11.4. The van der Waals surface area contributed by atoms with Crippen LogP contribution >= 0.6 is 34.5 Å². The number of aromatic carboxylic acids is 1. The molecule has 6 heteroatoms. The second-order valence-corrected chi connectivity index (χ2v) is 5.54. The summed E-state index contributed by atoms with van der Waals surface area (Å²) in [4.78, 5) is 12.0. The third-order valence-corrected chi connectivity index (χ3v) is 4.07. The first-order valence-electron chi connectivity index (χ1n) is 5.07. The molecule has 1 aromatic carbocycles. The van der Waals surface area contributed by atoms with Crippen LogP contribution in [-0.2, 0) is 6.54 Å². The first-order valence-corrected chi connectivity index (χ1v) is 6.64. The number of hydrogen-bond acceptors (Lipinski definition) is 3. The molecule has 0 amide bonds. The van der Waals surface area contributed by atoms with Gasteiger partial charge in [-0.05, 0) is 30.3 Å². The van der Waals surface area contributed by atoms with E-state index < -0.39 is 5.97 Å². The third-order valence-electron chi connectivity index (χ3n) is 2.26. The van der Waals surface area contributed by atoms with Gasteiger partial charge in [-0.15, -0.1) is 11.3 Å². The lowest BCUT2D eigenvalue weighted by Crippen LogP contribution is -1.97. The van der Waals surface area contributed by atoms with Gasteiger partial charge in [0.25, 0.3) is 0 Å². The molecule has 1 aromatic heterocycles. The van der Waals surface area contributed by atoms with Crippen LogP contribution in [0, 0.1) is 0 Å². The SMILES string of the molecule is O=C(O)c1ccc(CNc2ccc(Cl)c(Cl)c2)s1. The lowest BCUT2D eigenvalue weighted by atomic mass is 10.3. The van der Waals surface area contributed by atoms with E-state index in [1.165, 1.54) is 11.3 Å². The Labute approximate surface area is 118 Å². The molecule has 2 rings (SSSR count). The Morgan fingerprint density at radius 3 is 2.61 bits per heavy atom. The zero-order chi connectivity index (χ0) is 13.1. The molecule has 0 fully saturated rings. The van der Waals surface area contributed by atoms with Crippen LogP contribution in [0.25, 0.3) is 0 Å². The highest BCUT2D eigenvalue weighted by molar-refractivity contribution is 7.13. The van der Waals surface area contributed by atoms with Crippen molar-refractivity contribution in [1.82, 2.24) is 0 Å². The van der Waals surface area contributed by atoms with Gasteiger partial charge in [0.05, 0.1) is 10.0 Å². The number of carboxylic acid groups (broad SMARTS) is 1. The summed E-state index contributed by atoms with van der Waals surface area (Å²) in [7, 11) is 0. The summed E-state index contributed by atoms with van der Waals surface area (Å²) < 4.78 is 0. The third kappa shape index (κ3) is 3.16. The molecule has 0 atom stereocenters. The normalized spacial score (nSPS) is 10.3. The van der Waals surface area contributed by atoms with Gasteiger partial charge in [0, 0.05) is 17.1 Å². The molecule has 0 saturated carbocycles. The minimum absolute atomic E-state index is 0.334. The Hall–Kier alpha value is -1.23. The molecule has 1 heterocycles. The molecule has 2 aromatic rings. The minimum Gasteiger partial charge on any atom is -0.477 e. The molecule has 18 heavy (non-hydrogen) atoms. The van der Waals surface area contributed by atoms with Crippen molar-refractivity contribution in [2.75, 3.05) is 5.32 Å². The quantitative estimate of drug-likeness (QED) is 0.882. The monoisotopic (exact) mass is 301 g/mol. The van der Waals surface area contributed by atoms with E-state index >= 15 is 0 Å². The van der Waals surface area contributed by atoms with Gasteiger partial charge in [-0.1, -0.05) is 23.2 Å². The van der Waals surface area contributed by atoms with E-state index in [0.717, 1.165) is 10.6 Å². The summed E-state index contributed by atoms with van der Waals surface area (Å²) in [6.07, 6.45) is 0. The molecule has 0 bridgehead atoms. The second kappa shape index (κ2) is 5.61. The summed E-state index contributed by atoms with van der Waals surface area (Å²) in [5.41, 5.74) is 0.842. The molecular weight excluding hydrogens is 293 g/mol. The van der Waals surface area contributed by atoms with Crippen molar-refractivity contribution in [2.24, 2.45) is 0 Å². The number of hydrogen-bond donors (Lipinski definition) is 2. The number of benzene rings is 1. The highest BCUT2D eigenvalue weighted by Crippen LogP contribution is 2.25. The fraction of sp³-hybridized carbons (Fsp3) is 0.0833. The molecule has 0 aliphatic heterocycles. The van der Waals surface area contributed by atoms with E-state index in [4.69, 9.17) is 28.3 Å². The molecule has 0 aliphatic rings. The van der Waals surface area contributed by atoms with Gasteiger partial charge in [0.15, 0.2) is 0 Å². The molecule has 0 saturated heterocycles. The predicted molar refractivity (Wildman–Crippen MR) is 75.1 cm³/mol. The number of carboxylic acids is 1. The van der Waals surface area contributed by atoms with Crippen LogP contribution in [0.2, 0.25) is 10.0 Å². The van der Waals surface area contributed by atoms with Crippen LogP contribution in [0.3, 0.4) is 0 Å². The average Bonchev–Trinajstić information content (AvgIpc) is 2.79. The fourth-order valence-electron chi connectivity index (χ4n) is 1.38. The number of nitrogens with one attached hydrogen (secondary N) is 1. The molecule has 0 unspecified atom stereocenters. The molecule has 0 spiro atoms. The first-order chi connectivity index (χ1) is 8.56. The van der Waals surface area contributed by atoms with E-state index in [2.05, 4.69) is 5.32 Å². The smallest absolute Gasteiger partial charge is 0.345 e. The summed E-state index contributed by atoms with van der Waals surface area (Å²) >= 11 is 13.0. The van der Waals surface area contributed by atoms with Crippen molar-refractivity contribution < 1.29 is 9.90 Å². The average molecular weight is 302 g/mol. The van der Waals surface area contributed by atoms with Crippen molar-refractivity contribution >= 4 is 46.2 Å². The number of anilines is 1. The Bertz CT molecular complexity index is 583. The van der Waals surface area contributed by atoms with Crippen LogP contribution < -0.4 is 5.32 Å². The Morgan fingerprint density at radius 2 is 2.00 bits per heavy atom. The predicted octanol–water partition coefficient (Wildman–Crippen LogP) is 4.37. The van der Waals surface area contributed by atoms with E-state index in [9.17, 15) is 4.79 Å². The van der Waals surface area contributed by atoms with E-state index in [-0.39, 0.29) is 0 Å². The highest BCUT2D eigenvalue weighted by Gasteiger charge is 2.06. The number of halogens is 2. The summed E-state index contributed by atoms with van der Waals surface area (Å²) in [5.74, 6) is -0.902. The maximum atomic E-state index is 10.7. The van der Waals surface area contributed by atoms with Gasteiger partial charge in [0.1, 0.15) is 4.88 Å². The van der Waals surface area contributed by atoms with Crippen molar-refractivity contribution in [3.05, 3.63) is 50.1 Å². The highest BCUT2D eigenvalue weighted by atomic mass is 35.5. The Balaban J connectivity index is 2.02. The summed E-state index contributed by atoms with van der Waals surface area (Å²) in [6, 6.07) is 8.65. The van der Waals surface area contributed by atoms with Crippen molar-refractivity contribution in [1.29, 1.82) is 0 Å². The lowest BCUT2D eigenvalue weighted by Gasteiger charge is -2.05. The van der Waals surface area contributed by atoms with Gasteiger partial charge >= 0.3 is 5.97 Å². The zero-order valence-electron chi connectivity index (χ0n) is 9.11. The van der Waals surface area contributed by atoms with E-state index in [1.54, 1.807) is 24.3 Å². The van der Waals surface area contributed by atoms with Crippen molar-refractivity contribution in [3.63, 3.8) is 0 Å². The summed E-state index contributed by atoms with van der Waals surface area (Å²) in [5, 5.41) is 13.0. The van der Waals surface area contributed by atoms with Gasteiger partial charge < -0.3 is 10.4 Å². The van der Waals surface area contributed by atoms with Crippen LogP contribution in [0.5, 0.6) is 0 Å². The molecule has 94 valence electrons. The standard InChI is InChI=1S/C12H9Cl2NO2S/c13-9-3-1-7(5-10(9)14)15-6-8-2-4-11(18-8)12(16)17/h1-5,15H,6H2,(H,16,17). The minimum atomic E-state index is -0.902. The maximum Gasteiger partial charge on any atom is 0.345 e.